The molecule has 0 aliphatic heterocycles. The number of furan rings is 1. The number of esters is 1. The van der Waals surface area contributed by atoms with Gasteiger partial charge in [0, 0.05) is 23.6 Å². The van der Waals surface area contributed by atoms with Gasteiger partial charge in [-0.1, -0.05) is 0 Å². The lowest BCUT2D eigenvalue weighted by molar-refractivity contribution is -0.111. The van der Waals surface area contributed by atoms with Gasteiger partial charge < -0.3 is 28.7 Å². The third-order valence-electron chi connectivity index (χ3n) is 4.33. The van der Waals surface area contributed by atoms with Crippen LogP contribution in [0.4, 0.5) is 5.69 Å². The van der Waals surface area contributed by atoms with Crippen LogP contribution in [0.15, 0.2) is 46.9 Å². The molecule has 1 heterocycles. The van der Waals surface area contributed by atoms with E-state index in [0.29, 0.717) is 28.6 Å². The zero-order chi connectivity index (χ0) is 21.7. The van der Waals surface area contributed by atoms with E-state index in [1.807, 2.05) is 6.07 Å². The van der Waals surface area contributed by atoms with E-state index >= 15 is 0 Å². The largest absolute Gasteiger partial charge is 0.497 e. The predicted octanol–water partition coefficient (Wildman–Crippen LogP) is 3.90. The van der Waals surface area contributed by atoms with Crippen LogP contribution in [0.25, 0.3) is 17.0 Å². The number of methoxy groups -OCH3 is 4. The molecule has 3 aromatic rings. The van der Waals surface area contributed by atoms with Crippen LogP contribution in [0.2, 0.25) is 0 Å². The van der Waals surface area contributed by atoms with E-state index in [-0.39, 0.29) is 11.3 Å². The van der Waals surface area contributed by atoms with Gasteiger partial charge >= 0.3 is 5.97 Å². The zero-order valence-corrected chi connectivity index (χ0v) is 17.0. The standard InChI is InChI=1S/C22H21NO7/c1-26-14-5-7-18-13(9-14)10-15(30-18)6-8-21(24)23-17-12-20(28-3)19(27-2)11-16(17)22(25)29-4/h5-12H,1-4H3,(H,23,24)/b8-6+. The summed E-state index contributed by atoms with van der Waals surface area (Å²) in [6, 6.07) is 10.1. The molecule has 30 heavy (non-hydrogen) atoms. The summed E-state index contributed by atoms with van der Waals surface area (Å²) in [5.41, 5.74) is 1.03. The number of nitrogens with one attached hydrogen (secondary N) is 1. The van der Waals surface area contributed by atoms with E-state index in [1.165, 1.54) is 45.6 Å². The first-order valence-corrected chi connectivity index (χ1v) is 8.90. The molecule has 1 amide bonds. The van der Waals surface area contributed by atoms with E-state index in [1.54, 1.807) is 25.3 Å². The molecule has 0 saturated heterocycles. The highest BCUT2D eigenvalue weighted by Gasteiger charge is 2.18. The lowest BCUT2D eigenvalue weighted by Gasteiger charge is -2.13. The Morgan fingerprint density at radius 2 is 1.67 bits per heavy atom. The van der Waals surface area contributed by atoms with Crippen molar-refractivity contribution in [2.75, 3.05) is 33.8 Å². The van der Waals surface area contributed by atoms with Gasteiger partial charge in [-0.2, -0.15) is 0 Å². The molecule has 0 bridgehead atoms. The van der Waals surface area contributed by atoms with Crippen LogP contribution < -0.4 is 19.5 Å². The van der Waals surface area contributed by atoms with Crippen molar-refractivity contribution in [2.24, 2.45) is 0 Å². The SMILES string of the molecule is COC(=O)c1cc(OC)c(OC)cc1NC(=O)/C=C/c1cc2cc(OC)ccc2o1. The van der Waals surface area contributed by atoms with E-state index < -0.39 is 11.9 Å². The Morgan fingerprint density at radius 3 is 2.33 bits per heavy atom. The van der Waals surface area contributed by atoms with Gasteiger partial charge in [-0.3, -0.25) is 4.79 Å². The minimum absolute atomic E-state index is 0.132. The van der Waals surface area contributed by atoms with Crippen LogP contribution in [0, 0.1) is 0 Å². The fraction of sp³-hybridized carbons (Fsp3) is 0.182. The lowest BCUT2D eigenvalue weighted by Crippen LogP contribution is -2.13. The summed E-state index contributed by atoms with van der Waals surface area (Å²) in [7, 11) is 5.74. The van der Waals surface area contributed by atoms with E-state index in [9.17, 15) is 9.59 Å². The summed E-state index contributed by atoms with van der Waals surface area (Å²) in [6.45, 7) is 0. The number of anilines is 1. The Balaban J connectivity index is 1.83. The maximum atomic E-state index is 12.4. The quantitative estimate of drug-likeness (QED) is 0.465. The Morgan fingerprint density at radius 1 is 0.933 bits per heavy atom. The smallest absolute Gasteiger partial charge is 0.340 e. The van der Waals surface area contributed by atoms with Crippen molar-refractivity contribution in [3.05, 3.63) is 53.8 Å². The lowest BCUT2D eigenvalue weighted by atomic mass is 10.1. The van der Waals surface area contributed by atoms with E-state index in [2.05, 4.69) is 5.32 Å². The average molecular weight is 411 g/mol. The van der Waals surface area contributed by atoms with Crippen molar-refractivity contribution in [1.29, 1.82) is 0 Å². The average Bonchev–Trinajstić information content (AvgIpc) is 3.18. The summed E-state index contributed by atoms with van der Waals surface area (Å²) < 4.78 is 26.1. The summed E-state index contributed by atoms with van der Waals surface area (Å²) in [4.78, 5) is 24.5. The molecule has 8 heteroatoms. The highest BCUT2D eigenvalue weighted by molar-refractivity contribution is 6.07. The number of hydrogen-bond donors (Lipinski definition) is 1. The number of ether oxygens (including phenoxy) is 4. The minimum atomic E-state index is -0.624. The number of benzene rings is 2. The maximum Gasteiger partial charge on any atom is 0.340 e. The van der Waals surface area contributed by atoms with Crippen molar-refractivity contribution < 1.29 is 33.0 Å². The second-order valence-electron chi connectivity index (χ2n) is 6.12. The van der Waals surface area contributed by atoms with Crippen LogP contribution in [0.1, 0.15) is 16.1 Å². The highest BCUT2D eigenvalue weighted by atomic mass is 16.5. The van der Waals surface area contributed by atoms with Crippen LogP contribution in [0.3, 0.4) is 0 Å². The zero-order valence-electron chi connectivity index (χ0n) is 17.0. The van der Waals surface area contributed by atoms with Crippen molar-refractivity contribution >= 4 is 34.6 Å². The summed E-state index contributed by atoms with van der Waals surface area (Å²) in [6.07, 6.45) is 2.83. The van der Waals surface area contributed by atoms with Gasteiger partial charge in [-0.25, -0.2) is 4.79 Å². The number of fused-ring (bicyclic) bond motifs is 1. The van der Waals surface area contributed by atoms with Gasteiger partial charge in [-0.15, -0.1) is 0 Å². The molecule has 8 nitrogen and oxygen atoms in total. The van der Waals surface area contributed by atoms with Gasteiger partial charge in [0.25, 0.3) is 0 Å². The first-order valence-electron chi connectivity index (χ1n) is 8.90. The van der Waals surface area contributed by atoms with E-state index in [4.69, 9.17) is 23.4 Å². The number of carbonyl (C=O) groups is 2. The van der Waals surface area contributed by atoms with Gasteiger partial charge in [-0.05, 0) is 30.3 Å². The molecular weight excluding hydrogens is 390 g/mol. The molecule has 0 aliphatic carbocycles. The summed E-state index contributed by atoms with van der Waals surface area (Å²) in [5, 5.41) is 3.50. The Hall–Kier alpha value is -3.94. The third-order valence-corrected chi connectivity index (χ3v) is 4.33. The van der Waals surface area contributed by atoms with Gasteiger partial charge in [0.15, 0.2) is 11.5 Å². The molecule has 0 atom stereocenters. The molecule has 156 valence electrons. The summed E-state index contributed by atoms with van der Waals surface area (Å²) in [5.74, 6) is 0.806. The molecule has 1 N–H and O–H groups in total. The fourth-order valence-corrected chi connectivity index (χ4v) is 2.84. The van der Waals surface area contributed by atoms with Crippen LogP contribution in [-0.2, 0) is 9.53 Å². The number of amides is 1. The van der Waals surface area contributed by atoms with Gasteiger partial charge in [0.05, 0.1) is 39.7 Å². The van der Waals surface area contributed by atoms with Crippen LogP contribution in [0.5, 0.6) is 17.2 Å². The normalized spacial score (nSPS) is 10.8. The van der Waals surface area contributed by atoms with Crippen molar-refractivity contribution in [3.8, 4) is 17.2 Å². The predicted molar refractivity (Wildman–Crippen MR) is 111 cm³/mol. The molecule has 0 saturated carbocycles. The molecule has 3 rings (SSSR count). The van der Waals surface area contributed by atoms with Gasteiger partial charge in [0.2, 0.25) is 5.91 Å². The second kappa shape index (κ2) is 9.04. The first-order chi connectivity index (χ1) is 14.5. The minimum Gasteiger partial charge on any atom is -0.497 e. The Labute approximate surface area is 173 Å². The molecular formula is C22H21NO7. The topological polar surface area (TPSA) is 96.2 Å². The number of carbonyl (C=O) groups excluding carboxylic acids is 2. The molecule has 1 aromatic heterocycles. The first kappa shape index (κ1) is 20.8. The molecule has 0 unspecified atom stereocenters. The Bertz CT molecular complexity index is 1110. The fourth-order valence-electron chi connectivity index (χ4n) is 2.84. The molecule has 0 aliphatic rings. The summed E-state index contributed by atoms with van der Waals surface area (Å²) >= 11 is 0. The number of rotatable bonds is 7. The molecule has 0 fully saturated rings. The highest BCUT2D eigenvalue weighted by Crippen LogP contribution is 2.34. The second-order valence-corrected chi connectivity index (χ2v) is 6.12. The number of hydrogen-bond acceptors (Lipinski definition) is 7. The van der Waals surface area contributed by atoms with Crippen molar-refractivity contribution in [3.63, 3.8) is 0 Å². The Kier molecular flexibility index (Phi) is 6.26. The maximum absolute atomic E-state index is 12.4. The third kappa shape index (κ3) is 4.38. The van der Waals surface area contributed by atoms with Crippen molar-refractivity contribution in [2.45, 2.75) is 0 Å². The molecule has 0 spiro atoms. The molecule has 2 aromatic carbocycles. The monoisotopic (exact) mass is 411 g/mol. The van der Waals surface area contributed by atoms with E-state index in [0.717, 1.165) is 5.39 Å². The van der Waals surface area contributed by atoms with Crippen LogP contribution >= 0.6 is 0 Å². The van der Waals surface area contributed by atoms with Gasteiger partial charge in [0.1, 0.15) is 17.1 Å². The van der Waals surface area contributed by atoms with Crippen LogP contribution in [-0.4, -0.2) is 40.3 Å². The van der Waals surface area contributed by atoms with Crippen molar-refractivity contribution in [1.82, 2.24) is 0 Å². The molecule has 0 radical (unpaired) electrons.